The van der Waals surface area contributed by atoms with Crippen molar-refractivity contribution in [1.29, 1.82) is 0 Å². The fourth-order valence-corrected chi connectivity index (χ4v) is 3.38. The first-order valence-electron chi connectivity index (χ1n) is 5.95. The molecule has 0 heterocycles. The van der Waals surface area contributed by atoms with Gasteiger partial charge in [-0.05, 0) is 37.5 Å². The van der Waals surface area contributed by atoms with Crippen molar-refractivity contribution < 1.29 is 14.3 Å². The molecule has 0 spiro atoms. The van der Waals surface area contributed by atoms with E-state index in [1.165, 1.54) is 7.11 Å². The van der Waals surface area contributed by atoms with Crippen LogP contribution < -0.4 is 5.32 Å². The predicted octanol–water partition coefficient (Wildman–Crippen LogP) is 1.10. The van der Waals surface area contributed by atoms with Crippen LogP contribution in [0.15, 0.2) is 0 Å². The molecule has 2 saturated carbocycles. The molecule has 2 unspecified atom stereocenters. The van der Waals surface area contributed by atoms with Crippen LogP contribution in [0.2, 0.25) is 0 Å². The fourth-order valence-electron chi connectivity index (χ4n) is 3.38. The number of rotatable bonds is 2. The topological polar surface area (TPSA) is 55.4 Å². The van der Waals surface area contributed by atoms with E-state index in [0.717, 1.165) is 25.7 Å². The summed E-state index contributed by atoms with van der Waals surface area (Å²) in [6.07, 6.45) is 3.93. The van der Waals surface area contributed by atoms with E-state index in [2.05, 4.69) is 5.32 Å². The molecule has 1 amide bonds. The number of ether oxygens (including phenoxy) is 1. The molecule has 0 radical (unpaired) electrons. The van der Waals surface area contributed by atoms with Crippen LogP contribution in [-0.4, -0.2) is 25.0 Å². The number of hydrogen-bond donors (Lipinski definition) is 1. The maximum absolute atomic E-state index is 11.4. The molecule has 0 aromatic heterocycles. The zero-order chi connectivity index (χ0) is 11.7. The quantitative estimate of drug-likeness (QED) is 0.716. The first kappa shape index (κ1) is 11.4. The van der Waals surface area contributed by atoms with E-state index in [4.69, 9.17) is 4.74 Å². The number of carbonyl (C=O) groups is 2. The van der Waals surface area contributed by atoms with Crippen LogP contribution >= 0.6 is 0 Å². The highest BCUT2D eigenvalue weighted by atomic mass is 16.5. The maximum Gasteiger partial charge on any atom is 0.308 e. The Bertz CT molecular complexity index is 289. The second-order valence-corrected chi connectivity index (χ2v) is 5.08. The molecule has 4 heteroatoms. The molecule has 16 heavy (non-hydrogen) atoms. The summed E-state index contributed by atoms with van der Waals surface area (Å²) in [4.78, 5) is 22.4. The minimum atomic E-state index is -0.0644. The van der Waals surface area contributed by atoms with E-state index >= 15 is 0 Å². The van der Waals surface area contributed by atoms with Crippen molar-refractivity contribution in [1.82, 2.24) is 5.32 Å². The number of hydrogen-bond acceptors (Lipinski definition) is 3. The van der Waals surface area contributed by atoms with Crippen molar-refractivity contribution in [3.8, 4) is 0 Å². The van der Waals surface area contributed by atoms with Crippen molar-refractivity contribution in [3.63, 3.8) is 0 Å². The maximum atomic E-state index is 11.4. The molecule has 0 aromatic rings. The lowest BCUT2D eigenvalue weighted by atomic mass is 10.0. The molecule has 2 atom stereocenters. The van der Waals surface area contributed by atoms with E-state index < -0.39 is 0 Å². The largest absolute Gasteiger partial charge is 0.469 e. The molecule has 1 N–H and O–H groups in total. The normalized spacial score (nSPS) is 36.9. The third-order valence-corrected chi connectivity index (χ3v) is 3.96. The molecule has 90 valence electrons. The molecule has 2 fully saturated rings. The highest BCUT2D eigenvalue weighted by Gasteiger charge is 2.44. The number of methoxy groups -OCH3 is 1. The molecule has 0 aromatic carbocycles. The average Bonchev–Trinajstić information content (AvgIpc) is 2.72. The molecule has 0 bridgehead atoms. The van der Waals surface area contributed by atoms with Gasteiger partial charge in [0.25, 0.3) is 0 Å². The van der Waals surface area contributed by atoms with Gasteiger partial charge in [-0.1, -0.05) is 0 Å². The van der Waals surface area contributed by atoms with Crippen molar-refractivity contribution in [2.75, 3.05) is 7.11 Å². The molecule has 2 aliphatic carbocycles. The second-order valence-electron chi connectivity index (χ2n) is 5.08. The van der Waals surface area contributed by atoms with Crippen LogP contribution in [0.1, 0.15) is 32.6 Å². The van der Waals surface area contributed by atoms with Gasteiger partial charge in [0.15, 0.2) is 0 Å². The molecule has 0 aliphatic heterocycles. The van der Waals surface area contributed by atoms with Crippen molar-refractivity contribution in [3.05, 3.63) is 0 Å². The lowest BCUT2D eigenvalue weighted by molar-refractivity contribution is -0.145. The summed E-state index contributed by atoms with van der Waals surface area (Å²) in [6.45, 7) is 1.56. The number of carbonyl (C=O) groups excluding carboxylic acids is 2. The summed E-state index contributed by atoms with van der Waals surface area (Å²) in [5, 5.41) is 2.97. The van der Waals surface area contributed by atoms with Gasteiger partial charge in [-0.3, -0.25) is 9.59 Å². The molecule has 0 saturated heterocycles. The molecular weight excluding hydrogens is 206 g/mol. The van der Waals surface area contributed by atoms with E-state index in [1.807, 2.05) is 0 Å². The van der Waals surface area contributed by atoms with E-state index in [1.54, 1.807) is 6.92 Å². The minimum Gasteiger partial charge on any atom is -0.469 e. The summed E-state index contributed by atoms with van der Waals surface area (Å²) >= 11 is 0. The van der Waals surface area contributed by atoms with E-state index in [0.29, 0.717) is 17.9 Å². The Morgan fingerprint density at radius 1 is 1.12 bits per heavy atom. The third-order valence-electron chi connectivity index (χ3n) is 3.96. The summed E-state index contributed by atoms with van der Waals surface area (Å²) in [7, 11) is 1.45. The second kappa shape index (κ2) is 4.44. The number of amides is 1. The zero-order valence-electron chi connectivity index (χ0n) is 9.86. The highest BCUT2D eigenvalue weighted by Crippen LogP contribution is 2.47. The first-order valence-corrected chi connectivity index (χ1v) is 5.95. The molecule has 2 rings (SSSR count). The average molecular weight is 225 g/mol. The molecule has 2 aliphatic rings. The van der Waals surface area contributed by atoms with Crippen LogP contribution in [0, 0.1) is 17.8 Å². The summed E-state index contributed by atoms with van der Waals surface area (Å²) < 4.78 is 4.78. The lowest BCUT2D eigenvalue weighted by Gasteiger charge is -2.14. The predicted molar refractivity (Wildman–Crippen MR) is 58.6 cm³/mol. The van der Waals surface area contributed by atoms with E-state index in [9.17, 15) is 9.59 Å². The van der Waals surface area contributed by atoms with Crippen LogP contribution in [0.5, 0.6) is 0 Å². The van der Waals surface area contributed by atoms with Crippen molar-refractivity contribution in [2.24, 2.45) is 17.8 Å². The Hall–Kier alpha value is -1.06. The van der Waals surface area contributed by atoms with Crippen LogP contribution in [0.4, 0.5) is 0 Å². The number of nitrogens with one attached hydrogen (secondary N) is 1. The third kappa shape index (κ3) is 2.20. The fraction of sp³-hybridized carbons (Fsp3) is 0.833. The standard InChI is InChI=1S/C12H19NO3/c1-7(14)13-11-5-8-3-10(12(15)16-2)4-9(8)6-11/h8-11H,3-6H2,1-2H3,(H,13,14). The van der Waals surface area contributed by atoms with E-state index in [-0.39, 0.29) is 17.8 Å². The highest BCUT2D eigenvalue weighted by molar-refractivity contribution is 5.73. The van der Waals surface area contributed by atoms with Gasteiger partial charge in [0.2, 0.25) is 5.91 Å². The number of fused-ring (bicyclic) bond motifs is 1. The van der Waals surface area contributed by atoms with Crippen molar-refractivity contribution in [2.45, 2.75) is 38.6 Å². The van der Waals surface area contributed by atoms with Gasteiger partial charge in [-0.2, -0.15) is 0 Å². The Kier molecular flexibility index (Phi) is 3.17. The zero-order valence-corrected chi connectivity index (χ0v) is 9.86. The van der Waals surface area contributed by atoms with Crippen LogP contribution in [-0.2, 0) is 14.3 Å². The number of esters is 1. The Morgan fingerprint density at radius 3 is 2.12 bits per heavy atom. The molecule has 4 nitrogen and oxygen atoms in total. The Balaban J connectivity index is 1.86. The Labute approximate surface area is 95.7 Å². The van der Waals surface area contributed by atoms with Crippen LogP contribution in [0.25, 0.3) is 0 Å². The molecular formula is C12H19NO3. The monoisotopic (exact) mass is 225 g/mol. The van der Waals surface area contributed by atoms with Gasteiger partial charge >= 0.3 is 5.97 Å². The lowest BCUT2D eigenvalue weighted by Crippen LogP contribution is -2.31. The first-order chi connectivity index (χ1) is 7.60. The summed E-state index contributed by atoms with van der Waals surface area (Å²) in [5.74, 6) is 1.28. The smallest absolute Gasteiger partial charge is 0.308 e. The summed E-state index contributed by atoms with van der Waals surface area (Å²) in [5.41, 5.74) is 0. The minimum absolute atomic E-state index is 0.0505. The Morgan fingerprint density at radius 2 is 1.69 bits per heavy atom. The van der Waals surface area contributed by atoms with Gasteiger partial charge in [-0.15, -0.1) is 0 Å². The van der Waals surface area contributed by atoms with Gasteiger partial charge in [-0.25, -0.2) is 0 Å². The summed E-state index contributed by atoms with van der Waals surface area (Å²) in [6, 6.07) is 0.325. The van der Waals surface area contributed by atoms with Gasteiger partial charge in [0.05, 0.1) is 13.0 Å². The van der Waals surface area contributed by atoms with Crippen molar-refractivity contribution >= 4 is 11.9 Å². The SMILES string of the molecule is COC(=O)C1CC2CC(NC(C)=O)CC2C1. The van der Waals surface area contributed by atoms with Gasteiger partial charge < -0.3 is 10.1 Å². The van der Waals surface area contributed by atoms with Crippen LogP contribution in [0.3, 0.4) is 0 Å². The van der Waals surface area contributed by atoms with Gasteiger partial charge in [0, 0.05) is 13.0 Å². The van der Waals surface area contributed by atoms with Gasteiger partial charge in [0.1, 0.15) is 0 Å².